The molecular formula is C17H24N2O8. The number of rotatable bonds is 17. The number of unbranched alkanes of at least 4 members (excludes halogenated alkanes) is 1. The van der Waals surface area contributed by atoms with E-state index in [9.17, 15) is 14.4 Å². The highest BCUT2D eigenvalue weighted by Gasteiger charge is 2.19. The first kappa shape index (κ1) is 24.3. The Bertz CT molecular complexity index is 526. The minimum Gasteiger partial charge on any atom is -0.464 e. The number of carbonyl (C=O) groups excluding carboxylic acids is 3. The van der Waals surface area contributed by atoms with Crippen LogP contribution in [0.5, 0.6) is 0 Å². The van der Waals surface area contributed by atoms with E-state index in [1.807, 2.05) is 0 Å². The van der Waals surface area contributed by atoms with Gasteiger partial charge in [-0.15, -0.1) is 6.58 Å². The lowest BCUT2D eigenvalue weighted by Crippen LogP contribution is -2.22. The average molecular weight is 384 g/mol. The molecule has 0 aromatic rings. The second-order valence-electron chi connectivity index (χ2n) is 5.06. The summed E-state index contributed by atoms with van der Waals surface area (Å²) in [7, 11) is 0. The van der Waals surface area contributed by atoms with Gasteiger partial charge in [-0.2, -0.15) is 10.3 Å². The fourth-order valence-corrected chi connectivity index (χ4v) is 1.76. The maximum atomic E-state index is 11.9. The maximum absolute atomic E-state index is 11.9. The van der Waals surface area contributed by atoms with Gasteiger partial charge in [0.05, 0.1) is 6.61 Å². The van der Waals surface area contributed by atoms with Gasteiger partial charge in [-0.25, -0.2) is 19.4 Å². The highest BCUT2D eigenvalue weighted by atomic mass is 17.2. The SMILES string of the molecule is C=CCOOCCOC(=O)CCCOC(=O)C(CCCCOC#N)N=C=O. The number of nitriles is 1. The molecule has 0 bridgehead atoms. The third-order valence-electron chi connectivity index (χ3n) is 2.99. The number of nitrogens with zero attached hydrogens (tertiary/aromatic N) is 2. The van der Waals surface area contributed by atoms with E-state index in [0.717, 1.165) is 0 Å². The van der Waals surface area contributed by atoms with E-state index in [-0.39, 0.29) is 52.3 Å². The van der Waals surface area contributed by atoms with E-state index in [2.05, 4.69) is 21.2 Å². The smallest absolute Gasteiger partial charge is 0.331 e. The van der Waals surface area contributed by atoms with Gasteiger partial charge in [-0.05, 0) is 25.7 Å². The number of hydrogen-bond donors (Lipinski definition) is 0. The molecule has 0 N–H and O–H groups in total. The molecule has 0 saturated heterocycles. The molecule has 0 heterocycles. The molecule has 0 fully saturated rings. The van der Waals surface area contributed by atoms with Crippen LogP contribution in [0.15, 0.2) is 17.6 Å². The number of ether oxygens (including phenoxy) is 3. The van der Waals surface area contributed by atoms with E-state index in [4.69, 9.17) is 19.6 Å². The van der Waals surface area contributed by atoms with Gasteiger partial charge in [-0.1, -0.05) is 6.08 Å². The molecule has 1 atom stereocenters. The van der Waals surface area contributed by atoms with Crippen molar-refractivity contribution in [2.75, 3.05) is 33.0 Å². The molecule has 0 aliphatic rings. The predicted octanol–water partition coefficient (Wildman–Crippen LogP) is 1.36. The molecule has 0 rings (SSSR count). The van der Waals surface area contributed by atoms with Crippen LogP contribution in [-0.2, 0) is 38.4 Å². The number of esters is 2. The van der Waals surface area contributed by atoms with Crippen molar-refractivity contribution in [1.82, 2.24) is 0 Å². The zero-order chi connectivity index (χ0) is 20.2. The van der Waals surface area contributed by atoms with Gasteiger partial charge in [0, 0.05) is 6.42 Å². The van der Waals surface area contributed by atoms with Crippen LogP contribution in [0.2, 0.25) is 0 Å². The first-order valence-corrected chi connectivity index (χ1v) is 8.41. The summed E-state index contributed by atoms with van der Waals surface area (Å²) in [6, 6.07) is -0.954. The van der Waals surface area contributed by atoms with Gasteiger partial charge in [0.15, 0.2) is 6.04 Å². The van der Waals surface area contributed by atoms with E-state index in [0.29, 0.717) is 12.8 Å². The summed E-state index contributed by atoms with van der Waals surface area (Å²) in [6.07, 6.45) is 6.07. The van der Waals surface area contributed by atoms with Crippen molar-refractivity contribution in [3.8, 4) is 6.26 Å². The maximum Gasteiger partial charge on any atom is 0.331 e. The van der Waals surface area contributed by atoms with Crippen molar-refractivity contribution in [3.05, 3.63) is 12.7 Å². The minimum absolute atomic E-state index is 0.00466. The van der Waals surface area contributed by atoms with Gasteiger partial charge in [0.1, 0.15) is 26.4 Å². The zero-order valence-electron chi connectivity index (χ0n) is 15.1. The van der Waals surface area contributed by atoms with E-state index < -0.39 is 18.0 Å². The fraction of sp³-hybridized carbons (Fsp3) is 0.647. The standard InChI is InChI=1S/C17H24N2O8/c1-2-8-26-27-12-11-24-16(21)7-5-10-25-17(22)15(19-14-20)6-3-4-9-23-13-18/h2,15H,1,3-12H2. The molecule has 0 saturated carbocycles. The van der Waals surface area contributed by atoms with Crippen LogP contribution in [0, 0.1) is 11.5 Å². The van der Waals surface area contributed by atoms with Gasteiger partial charge < -0.3 is 14.2 Å². The van der Waals surface area contributed by atoms with Crippen LogP contribution >= 0.6 is 0 Å². The summed E-state index contributed by atoms with van der Waals surface area (Å²) in [4.78, 5) is 46.5. The van der Waals surface area contributed by atoms with E-state index >= 15 is 0 Å². The summed E-state index contributed by atoms with van der Waals surface area (Å²) >= 11 is 0. The van der Waals surface area contributed by atoms with E-state index in [1.54, 1.807) is 0 Å². The molecule has 0 aliphatic heterocycles. The van der Waals surface area contributed by atoms with Crippen molar-refractivity contribution in [1.29, 1.82) is 5.26 Å². The second kappa shape index (κ2) is 18.1. The largest absolute Gasteiger partial charge is 0.464 e. The summed E-state index contributed by atoms with van der Waals surface area (Å²) in [5.74, 6) is -1.13. The fourth-order valence-electron chi connectivity index (χ4n) is 1.76. The second-order valence-corrected chi connectivity index (χ2v) is 5.06. The Morgan fingerprint density at radius 2 is 1.89 bits per heavy atom. The molecular weight excluding hydrogens is 360 g/mol. The molecule has 0 aromatic carbocycles. The number of hydrogen-bond acceptors (Lipinski definition) is 10. The Morgan fingerprint density at radius 3 is 2.59 bits per heavy atom. The van der Waals surface area contributed by atoms with Crippen molar-refractivity contribution in [3.63, 3.8) is 0 Å². The summed E-state index contributed by atoms with van der Waals surface area (Å²) in [5.41, 5.74) is 0. The molecule has 10 heteroatoms. The third kappa shape index (κ3) is 15.3. The van der Waals surface area contributed by atoms with Crippen LogP contribution in [0.4, 0.5) is 0 Å². The molecule has 0 radical (unpaired) electrons. The van der Waals surface area contributed by atoms with Gasteiger partial charge >= 0.3 is 11.9 Å². The Kier molecular flexibility index (Phi) is 16.2. The van der Waals surface area contributed by atoms with Crippen LogP contribution < -0.4 is 0 Å². The molecule has 0 aliphatic carbocycles. The molecule has 0 spiro atoms. The summed E-state index contributed by atoms with van der Waals surface area (Å²) in [5, 5.41) is 8.23. The molecule has 10 nitrogen and oxygen atoms in total. The molecule has 150 valence electrons. The van der Waals surface area contributed by atoms with Gasteiger partial charge in [0.2, 0.25) is 6.08 Å². The lowest BCUT2D eigenvalue weighted by atomic mass is 10.1. The zero-order valence-corrected chi connectivity index (χ0v) is 15.1. The average Bonchev–Trinajstić information content (AvgIpc) is 2.66. The highest BCUT2D eigenvalue weighted by molar-refractivity contribution is 5.77. The first-order valence-electron chi connectivity index (χ1n) is 8.41. The van der Waals surface area contributed by atoms with Crippen LogP contribution in [0.1, 0.15) is 32.1 Å². The van der Waals surface area contributed by atoms with Crippen molar-refractivity contribution in [2.24, 2.45) is 4.99 Å². The number of aliphatic imine (C=N–C) groups is 1. The van der Waals surface area contributed by atoms with Crippen LogP contribution in [-0.4, -0.2) is 57.1 Å². The van der Waals surface area contributed by atoms with Gasteiger partial charge in [-0.3, -0.25) is 4.79 Å². The van der Waals surface area contributed by atoms with Crippen LogP contribution in [0.25, 0.3) is 0 Å². The lowest BCUT2D eigenvalue weighted by molar-refractivity contribution is -0.290. The van der Waals surface area contributed by atoms with Crippen LogP contribution in [0.3, 0.4) is 0 Å². The Morgan fingerprint density at radius 1 is 1.07 bits per heavy atom. The number of isocyanates is 1. The molecule has 27 heavy (non-hydrogen) atoms. The summed E-state index contributed by atoms with van der Waals surface area (Å²) < 4.78 is 14.4. The Labute approximate surface area is 157 Å². The monoisotopic (exact) mass is 384 g/mol. The quantitative estimate of drug-likeness (QED) is 0.0532. The lowest BCUT2D eigenvalue weighted by Gasteiger charge is -2.10. The Balaban J connectivity index is 3.83. The van der Waals surface area contributed by atoms with E-state index in [1.165, 1.54) is 18.4 Å². The topological polar surface area (TPSA) is 134 Å². The van der Waals surface area contributed by atoms with Crippen molar-refractivity contribution < 1.29 is 38.4 Å². The first-order chi connectivity index (χ1) is 13.2. The third-order valence-corrected chi connectivity index (χ3v) is 2.99. The molecule has 1 unspecified atom stereocenters. The number of carbonyl (C=O) groups is 2. The highest BCUT2D eigenvalue weighted by Crippen LogP contribution is 2.07. The minimum atomic E-state index is -0.954. The Hall–Kier alpha value is -2.73. The van der Waals surface area contributed by atoms with Crippen molar-refractivity contribution >= 4 is 18.0 Å². The normalized spacial score (nSPS) is 10.8. The predicted molar refractivity (Wildman–Crippen MR) is 90.6 cm³/mol. The molecule has 0 aromatic heterocycles. The van der Waals surface area contributed by atoms with Gasteiger partial charge in [0.25, 0.3) is 6.26 Å². The van der Waals surface area contributed by atoms with Crippen molar-refractivity contribution in [2.45, 2.75) is 38.1 Å². The molecule has 0 amide bonds. The summed E-state index contributed by atoms with van der Waals surface area (Å²) in [6.45, 7) is 4.05.